The highest BCUT2D eigenvalue weighted by atomic mass is 16.5. The van der Waals surface area contributed by atoms with Gasteiger partial charge in [0.1, 0.15) is 5.75 Å². The number of phenolic OH excluding ortho intramolecular Hbond substituents is 2. The highest BCUT2D eigenvalue weighted by Gasteiger charge is 2.61. The van der Waals surface area contributed by atoms with Crippen LogP contribution in [-0.4, -0.2) is 70.7 Å². The topological polar surface area (TPSA) is 181 Å². The molecule has 10 nitrogen and oxygen atoms in total. The number of carbonyl (C=O) groups excluding carboxylic acids is 1. The average Bonchev–Trinajstić information content (AvgIpc) is 3.72. The van der Waals surface area contributed by atoms with E-state index >= 15 is 0 Å². The molecule has 0 heterocycles. The molecular weight excluding hydrogens is 743 g/mol. The second-order valence-electron chi connectivity index (χ2n) is 18.1. The highest BCUT2D eigenvalue weighted by Crippen LogP contribution is 2.70. The van der Waals surface area contributed by atoms with Crippen LogP contribution in [0.15, 0.2) is 58.6 Å². The maximum Gasteiger partial charge on any atom is 0.186 e. The third-order valence-corrected chi connectivity index (χ3v) is 14.4. The number of nitrogens with two attached hydrogens (primary N) is 2. The number of aromatic hydroxyl groups is 2. The van der Waals surface area contributed by atoms with E-state index in [-0.39, 0.29) is 96.1 Å². The number of fused-ring (bicyclic) bond motifs is 1. The number of methoxy groups -OCH3 is 1. The molecule has 4 bridgehead atoms. The zero-order chi connectivity index (χ0) is 41.8. The molecule has 318 valence electrons. The Morgan fingerprint density at radius 1 is 1.12 bits per heavy atom. The van der Waals surface area contributed by atoms with Gasteiger partial charge in [-0.2, -0.15) is 0 Å². The highest BCUT2D eigenvalue weighted by molar-refractivity contribution is 5.90. The van der Waals surface area contributed by atoms with Crippen molar-refractivity contribution in [1.82, 2.24) is 0 Å². The van der Waals surface area contributed by atoms with Gasteiger partial charge in [0.05, 0.1) is 24.9 Å². The smallest absolute Gasteiger partial charge is 0.186 e. The summed E-state index contributed by atoms with van der Waals surface area (Å²) in [7, 11) is 1.80. The number of ether oxygens (including phenoxy) is 2. The van der Waals surface area contributed by atoms with Crippen molar-refractivity contribution in [3.63, 3.8) is 0 Å². The maximum absolute atomic E-state index is 13.8. The van der Waals surface area contributed by atoms with Gasteiger partial charge in [0.25, 0.3) is 0 Å². The predicted octanol–water partition coefficient (Wildman–Crippen LogP) is 7.30. The summed E-state index contributed by atoms with van der Waals surface area (Å²) in [6.07, 6.45) is 14.2. The number of hydrogen-bond donors (Lipinski definition) is 6. The number of aryl methyl sites for hydroxylation is 1. The number of allylic oxidation sites excluding steroid dienone is 3. The number of carbonyl (C=O) groups is 1. The van der Waals surface area contributed by atoms with Crippen molar-refractivity contribution in [2.24, 2.45) is 45.5 Å². The standard InChI is InChI=1S/C49H65N3O7/c1-4-30(18-20-53)34(28-54)24-37(56)16-15-32-26-43(59-38-12-5-6-13-38)47(57)45-39(32)14-8-10-35(52-48(50)51)22-33-25-41-40(31-9-7-11-36(55)23-31)21-29(2)27-49(41)19-17-42(58-3)44(33)46(45)49/h7,9,11,23-26,29-30,33,35,38,40,42,44,46,53-55,57H,4-6,10,12-13,15-22,27-28H2,1-3H3,(H4,50,51,52)/b34-24+/t29-,30-,33-,35-,40+,42-,44-,46+,49+/m0/s1. The van der Waals surface area contributed by atoms with E-state index in [9.17, 15) is 25.2 Å². The van der Waals surface area contributed by atoms with Gasteiger partial charge in [-0.25, -0.2) is 4.99 Å². The lowest BCUT2D eigenvalue weighted by molar-refractivity contribution is -0.114. The van der Waals surface area contributed by atoms with Gasteiger partial charge in [-0.1, -0.05) is 49.5 Å². The molecule has 3 fully saturated rings. The van der Waals surface area contributed by atoms with Crippen LogP contribution < -0.4 is 16.2 Å². The fourth-order valence-corrected chi connectivity index (χ4v) is 12.0. The van der Waals surface area contributed by atoms with E-state index in [2.05, 4.69) is 30.9 Å². The lowest BCUT2D eigenvalue weighted by atomic mass is 9.43. The molecule has 7 rings (SSSR count). The maximum atomic E-state index is 13.8. The van der Waals surface area contributed by atoms with Crippen LogP contribution in [0.3, 0.4) is 0 Å². The molecule has 59 heavy (non-hydrogen) atoms. The number of hydrogen-bond acceptors (Lipinski definition) is 8. The van der Waals surface area contributed by atoms with Crippen molar-refractivity contribution in [3.8, 4) is 29.1 Å². The largest absolute Gasteiger partial charge is 0.508 e. The Labute approximate surface area is 350 Å². The number of benzene rings is 2. The van der Waals surface area contributed by atoms with Gasteiger partial charge in [0, 0.05) is 49.5 Å². The first-order valence-corrected chi connectivity index (χ1v) is 22.1. The summed E-state index contributed by atoms with van der Waals surface area (Å²) in [6, 6.07) is 9.33. The van der Waals surface area contributed by atoms with Crippen LogP contribution >= 0.6 is 0 Å². The second kappa shape index (κ2) is 18.5. The van der Waals surface area contributed by atoms with E-state index in [0.717, 1.165) is 73.6 Å². The van der Waals surface area contributed by atoms with Gasteiger partial charge in [-0.15, -0.1) is 0 Å². The third kappa shape index (κ3) is 8.80. The summed E-state index contributed by atoms with van der Waals surface area (Å²) < 4.78 is 13.2. The van der Waals surface area contributed by atoms with Crippen molar-refractivity contribution >= 4 is 11.7 Å². The molecule has 10 heteroatoms. The monoisotopic (exact) mass is 807 g/mol. The SMILES string of the molecule is CC[C@@H](CCO)/C(=C/C(=O)CCc1cc(OC2CCCC2)c(O)c2c1C#CC[C@H](N=C(N)N)C[C@H]1C=C3[C@@H](c4cccc(O)c4)C[C@H](C)C[C@]34CC[C@H](OC)[C@H]1[C@H]24)CO. The molecule has 0 aromatic heterocycles. The Balaban J connectivity index is 1.45. The Hall–Kier alpha value is -4.30. The molecule has 1 spiro atoms. The average molecular weight is 808 g/mol. The van der Waals surface area contributed by atoms with Crippen molar-refractivity contribution in [1.29, 1.82) is 0 Å². The molecule has 0 radical (unpaired) electrons. The normalized spacial score (nSPS) is 29.5. The molecule has 0 amide bonds. The minimum Gasteiger partial charge on any atom is -0.508 e. The van der Waals surface area contributed by atoms with Crippen molar-refractivity contribution in [3.05, 3.63) is 75.9 Å². The molecule has 5 aliphatic rings. The lowest BCUT2D eigenvalue weighted by Crippen LogP contribution is -2.54. The fourth-order valence-electron chi connectivity index (χ4n) is 12.0. The number of nitrogens with zero attached hydrogens (tertiary/aromatic N) is 1. The number of phenols is 2. The summed E-state index contributed by atoms with van der Waals surface area (Å²) >= 11 is 0. The van der Waals surface area contributed by atoms with Gasteiger partial charge in [-0.05, 0) is 147 Å². The van der Waals surface area contributed by atoms with Crippen LogP contribution in [-0.2, 0) is 16.0 Å². The Kier molecular flexibility index (Phi) is 13.4. The Morgan fingerprint density at radius 3 is 2.61 bits per heavy atom. The van der Waals surface area contributed by atoms with Gasteiger partial charge in [0.2, 0.25) is 0 Å². The summed E-state index contributed by atoms with van der Waals surface area (Å²) in [5.41, 5.74) is 17.2. The van der Waals surface area contributed by atoms with Crippen molar-refractivity contribution in [2.75, 3.05) is 20.3 Å². The molecule has 3 saturated carbocycles. The number of ketones is 1. The van der Waals surface area contributed by atoms with Crippen LogP contribution in [0.5, 0.6) is 17.2 Å². The van der Waals surface area contributed by atoms with E-state index < -0.39 is 0 Å². The third-order valence-electron chi connectivity index (χ3n) is 14.4. The van der Waals surface area contributed by atoms with Crippen LogP contribution in [0.2, 0.25) is 0 Å². The zero-order valence-electron chi connectivity index (χ0n) is 35.2. The number of guanidine groups is 1. The number of aliphatic imine (C=N–C) groups is 1. The van der Waals surface area contributed by atoms with E-state index in [1.54, 1.807) is 19.3 Å². The summed E-state index contributed by atoms with van der Waals surface area (Å²) in [5, 5.41) is 43.5. The van der Waals surface area contributed by atoms with Crippen molar-refractivity contribution in [2.45, 2.75) is 134 Å². The predicted molar refractivity (Wildman–Crippen MR) is 230 cm³/mol. The molecule has 2 aromatic carbocycles. The minimum atomic E-state index is -0.359. The van der Waals surface area contributed by atoms with E-state index in [1.165, 1.54) is 5.57 Å². The van der Waals surface area contributed by atoms with Gasteiger partial charge in [0.15, 0.2) is 23.2 Å². The first kappa shape index (κ1) is 42.8. The molecule has 9 atom stereocenters. The van der Waals surface area contributed by atoms with Gasteiger partial charge < -0.3 is 41.4 Å². The molecule has 0 unspecified atom stereocenters. The first-order chi connectivity index (χ1) is 28.5. The van der Waals surface area contributed by atoms with Gasteiger partial charge >= 0.3 is 0 Å². The Morgan fingerprint density at radius 2 is 1.92 bits per heavy atom. The van der Waals surface area contributed by atoms with Crippen LogP contribution in [0, 0.1) is 40.9 Å². The van der Waals surface area contributed by atoms with Crippen molar-refractivity contribution < 1.29 is 34.7 Å². The number of aliphatic hydroxyl groups excluding tert-OH is 2. The number of rotatable bonds is 14. The lowest BCUT2D eigenvalue weighted by Gasteiger charge is -2.62. The molecule has 0 aliphatic heterocycles. The van der Waals surface area contributed by atoms with Crippen LogP contribution in [0.1, 0.15) is 131 Å². The van der Waals surface area contributed by atoms with E-state index in [1.807, 2.05) is 25.1 Å². The molecule has 2 aromatic rings. The molecule has 0 saturated heterocycles. The Bertz CT molecular complexity index is 2000. The van der Waals surface area contributed by atoms with Crippen LogP contribution in [0.4, 0.5) is 0 Å². The second-order valence-corrected chi connectivity index (χ2v) is 18.1. The van der Waals surface area contributed by atoms with E-state index in [4.69, 9.17) is 25.9 Å². The quantitative estimate of drug-likeness (QED) is 0.0375. The van der Waals surface area contributed by atoms with E-state index in [0.29, 0.717) is 49.3 Å². The van der Waals surface area contributed by atoms with Gasteiger partial charge in [-0.3, -0.25) is 4.79 Å². The minimum absolute atomic E-state index is 0.0150. The molecular formula is C49H65N3O7. The molecule has 5 aliphatic carbocycles. The molecule has 8 N–H and O–H groups in total. The fraction of sp³-hybridized carbons (Fsp3) is 0.592. The van der Waals surface area contributed by atoms with Crippen LogP contribution in [0.25, 0.3) is 0 Å². The summed E-state index contributed by atoms with van der Waals surface area (Å²) in [6.45, 7) is 4.06. The zero-order valence-corrected chi connectivity index (χ0v) is 35.2. The first-order valence-electron chi connectivity index (χ1n) is 22.1. The summed E-state index contributed by atoms with van der Waals surface area (Å²) in [5.74, 6) is 7.78. The number of aliphatic hydroxyl groups is 2. The summed E-state index contributed by atoms with van der Waals surface area (Å²) in [4.78, 5) is 18.5.